The van der Waals surface area contributed by atoms with E-state index in [0.29, 0.717) is 0 Å². The number of thiocarbonyl (C=S) groups is 1. The molecule has 0 unspecified atom stereocenters. The zero-order valence-electron chi connectivity index (χ0n) is 8.18. The lowest BCUT2D eigenvalue weighted by molar-refractivity contribution is -0.115. The van der Waals surface area contributed by atoms with E-state index in [2.05, 4.69) is 27.8 Å². The van der Waals surface area contributed by atoms with Gasteiger partial charge in [0.25, 0.3) is 14.4 Å². The average Bonchev–Trinajstić information content (AvgIpc) is 1.81. The molecule has 14 heavy (non-hydrogen) atoms. The summed E-state index contributed by atoms with van der Waals surface area (Å²) in [5.41, 5.74) is 4.47. The van der Waals surface area contributed by atoms with Crippen LogP contribution in [0.2, 0.25) is 0 Å². The smallest absolute Gasteiger partial charge is 0.294 e. The Balaban J connectivity index is 0. The normalized spacial score (nSPS) is 10.1. The number of hydrogen-bond acceptors (Lipinski definition) is 5. The van der Waals surface area contributed by atoms with Crippen molar-refractivity contribution in [3.8, 4) is 0 Å². The van der Waals surface area contributed by atoms with E-state index in [4.69, 9.17) is 0 Å². The van der Waals surface area contributed by atoms with Gasteiger partial charge in [0.05, 0.1) is 6.10 Å². The number of hydrogen-bond donors (Lipinski definition) is 2. The first-order valence-electron chi connectivity index (χ1n) is 3.56. The molecule has 0 rings (SSSR count). The van der Waals surface area contributed by atoms with Gasteiger partial charge in [-0.15, -0.1) is 0 Å². The van der Waals surface area contributed by atoms with Crippen molar-refractivity contribution in [3.63, 3.8) is 0 Å². The molecule has 0 saturated carbocycles. The fourth-order valence-corrected chi connectivity index (χ4v) is 0.779. The molecule has 0 aromatic carbocycles. The van der Waals surface area contributed by atoms with Crippen molar-refractivity contribution >= 4 is 32.5 Å². The van der Waals surface area contributed by atoms with Crippen molar-refractivity contribution in [2.45, 2.75) is 26.9 Å². The second kappa shape index (κ2) is 6.68. The predicted octanol–water partition coefficient (Wildman–Crippen LogP) is -0.524. The van der Waals surface area contributed by atoms with Crippen LogP contribution in [0.1, 0.15) is 20.8 Å². The first kappa shape index (κ1) is 15.7. The van der Waals surface area contributed by atoms with Crippen LogP contribution in [0.5, 0.6) is 0 Å². The van der Waals surface area contributed by atoms with E-state index in [1.807, 2.05) is 0 Å². The van der Waals surface area contributed by atoms with Crippen LogP contribution in [-0.2, 0) is 19.6 Å². The van der Waals surface area contributed by atoms with E-state index < -0.39 is 14.4 Å². The molecule has 1 amide bonds. The van der Waals surface area contributed by atoms with Gasteiger partial charge < -0.3 is 10.5 Å². The van der Waals surface area contributed by atoms with Crippen LogP contribution in [-0.4, -0.2) is 24.8 Å². The van der Waals surface area contributed by atoms with E-state index in [9.17, 15) is 13.2 Å². The fraction of sp³-hybridized carbons (Fsp3) is 0.667. The second-order valence-corrected chi connectivity index (χ2v) is 4.66. The highest BCUT2D eigenvalue weighted by atomic mass is 32.2. The largest absolute Gasteiger partial charge is 0.472 e. The molecule has 0 fully saturated rings. The number of ether oxygens (including phenoxy) is 1. The van der Waals surface area contributed by atoms with Crippen LogP contribution in [0.4, 0.5) is 0 Å². The Bertz CT molecular complexity index is 293. The van der Waals surface area contributed by atoms with Crippen LogP contribution < -0.4 is 10.9 Å². The van der Waals surface area contributed by atoms with Gasteiger partial charge >= 0.3 is 0 Å². The monoisotopic (exact) mass is 242 g/mol. The van der Waals surface area contributed by atoms with Gasteiger partial charge in [-0.1, -0.05) is 0 Å². The summed E-state index contributed by atoms with van der Waals surface area (Å²) in [5.74, 6) is -0.333. The third-order valence-electron chi connectivity index (χ3n) is 0.564. The maximum Gasteiger partial charge on any atom is 0.294 e. The first-order chi connectivity index (χ1) is 6.07. The Morgan fingerprint density at radius 1 is 1.43 bits per heavy atom. The van der Waals surface area contributed by atoms with Crippen molar-refractivity contribution in [1.82, 2.24) is 0 Å². The number of primary amides is 1. The Morgan fingerprint density at radius 3 is 1.79 bits per heavy atom. The molecule has 4 N–H and O–H groups in total. The average molecular weight is 242 g/mol. The maximum absolute atomic E-state index is 10.4. The molecule has 0 heterocycles. The topological polar surface area (TPSA) is 112 Å². The van der Waals surface area contributed by atoms with Crippen molar-refractivity contribution in [1.29, 1.82) is 0 Å². The van der Waals surface area contributed by atoms with Crippen LogP contribution in [0.3, 0.4) is 0 Å². The quantitative estimate of drug-likeness (QED) is 0.600. The predicted molar refractivity (Wildman–Crippen MR) is 56.8 cm³/mol. The Labute approximate surface area is 88.6 Å². The molecule has 6 nitrogen and oxygen atoms in total. The maximum atomic E-state index is 10.4. The minimum Gasteiger partial charge on any atom is -0.472 e. The molecule has 0 aromatic heterocycles. The minimum absolute atomic E-state index is 0.258. The molecule has 0 bridgehead atoms. The summed E-state index contributed by atoms with van der Waals surface area (Å²) in [6.45, 7) is 4.63. The van der Waals surface area contributed by atoms with Gasteiger partial charge in [-0.3, -0.25) is 4.79 Å². The zero-order valence-corrected chi connectivity index (χ0v) is 9.81. The second-order valence-electron chi connectivity index (χ2n) is 2.57. The van der Waals surface area contributed by atoms with Crippen LogP contribution in [0.25, 0.3) is 0 Å². The van der Waals surface area contributed by atoms with E-state index in [0.717, 1.165) is 0 Å². The highest BCUT2D eigenvalue weighted by Gasteiger charge is 2.13. The Hall–Kier alpha value is -0.730. The van der Waals surface area contributed by atoms with Crippen molar-refractivity contribution in [3.05, 3.63) is 0 Å². The SMILES string of the molecule is CC(C)OC(=S)S(N)(=O)=O.CC(N)=O. The first-order valence-corrected chi connectivity index (χ1v) is 5.52. The highest BCUT2D eigenvalue weighted by Crippen LogP contribution is 1.94. The number of carbonyl (C=O) groups is 1. The van der Waals surface area contributed by atoms with Gasteiger partial charge in [-0.25, -0.2) is 13.6 Å². The summed E-state index contributed by atoms with van der Waals surface area (Å²) in [4.78, 5) is 9.22. The van der Waals surface area contributed by atoms with Crippen LogP contribution in [0, 0.1) is 0 Å². The molecule has 0 aliphatic carbocycles. The molecule has 0 aliphatic heterocycles. The summed E-state index contributed by atoms with van der Waals surface area (Å²) < 4.78 is 24.8. The standard InChI is InChI=1S/C4H9NO3S2.C2H5NO/c1-3(2)8-4(9)10(5,6)7;1-2(3)4/h3H,1-2H3,(H2,5,6,7);1H3,(H2,3,4). The minimum atomic E-state index is -3.79. The fourth-order valence-electron chi connectivity index (χ4n) is 0.260. The summed E-state index contributed by atoms with van der Waals surface area (Å²) >= 11 is 4.33. The molecule has 8 heteroatoms. The number of amides is 1. The summed E-state index contributed by atoms with van der Waals surface area (Å²) in [7, 11) is -3.79. The van der Waals surface area contributed by atoms with Gasteiger partial charge in [0.15, 0.2) is 0 Å². The number of primary sulfonamides is 1. The molecule has 0 spiro atoms. The van der Waals surface area contributed by atoms with Crippen LogP contribution >= 0.6 is 12.2 Å². The number of carbonyl (C=O) groups excluding carboxylic acids is 1. The lowest BCUT2D eigenvalue weighted by Gasteiger charge is -2.07. The zero-order chi connectivity index (χ0) is 11.9. The van der Waals surface area contributed by atoms with E-state index in [1.54, 1.807) is 13.8 Å². The third-order valence-corrected chi connectivity index (χ3v) is 1.92. The molecule has 84 valence electrons. The number of rotatable bonds is 1. The van der Waals surface area contributed by atoms with Gasteiger partial charge in [0, 0.05) is 6.92 Å². The van der Waals surface area contributed by atoms with Gasteiger partial charge in [-0.05, 0) is 26.1 Å². The number of nitrogens with two attached hydrogens (primary N) is 2. The molecule has 0 aromatic rings. The summed E-state index contributed by atoms with van der Waals surface area (Å²) in [6.07, 6.45) is -0.258. The van der Waals surface area contributed by atoms with Crippen molar-refractivity contribution in [2.75, 3.05) is 0 Å². The Morgan fingerprint density at radius 2 is 1.71 bits per heavy atom. The molecule has 0 atom stereocenters. The molecule has 0 aliphatic rings. The van der Waals surface area contributed by atoms with E-state index in [1.165, 1.54) is 6.92 Å². The summed E-state index contributed by atoms with van der Waals surface area (Å²) in [5, 5.41) is 4.63. The van der Waals surface area contributed by atoms with E-state index in [-0.39, 0.29) is 12.0 Å². The van der Waals surface area contributed by atoms with E-state index >= 15 is 0 Å². The lowest BCUT2D eigenvalue weighted by atomic mass is 10.5. The van der Waals surface area contributed by atoms with Crippen molar-refractivity contribution in [2.24, 2.45) is 10.9 Å². The van der Waals surface area contributed by atoms with Gasteiger partial charge in [0.1, 0.15) is 0 Å². The molecule has 0 radical (unpaired) electrons. The highest BCUT2D eigenvalue weighted by molar-refractivity contribution is 8.15. The Kier molecular flexibility index (Phi) is 7.51. The molecule has 0 saturated heterocycles. The van der Waals surface area contributed by atoms with Gasteiger partial charge in [0.2, 0.25) is 5.91 Å². The third kappa shape index (κ3) is 13.8. The summed E-state index contributed by atoms with van der Waals surface area (Å²) in [6, 6.07) is 0. The molecular formula is C6H14N2O4S2. The molecular weight excluding hydrogens is 228 g/mol. The van der Waals surface area contributed by atoms with Gasteiger partial charge in [-0.2, -0.15) is 0 Å². The number of sulfonamides is 1. The van der Waals surface area contributed by atoms with Crippen molar-refractivity contribution < 1.29 is 17.9 Å². The lowest BCUT2D eigenvalue weighted by Crippen LogP contribution is -2.26. The van der Waals surface area contributed by atoms with Crippen LogP contribution in [0.15, 0.2) is 0 Å².